The van der Waals surface area contributed by atoms with E-state index in [9.17, 15) is 9.59 Å². The van der Waals surface area contributed by atoms with Gasteiger partial charge in [-0.25, -0.2) is 9.88 Å². The average Bonchev–Trinajstić information content (AvgIpc) is 3.41. The van der Waals surface area contributed by atoms with Crippen molar-refractivity contribution in [2.24, 2.45) is 0 Å². The van der Waals surface area contributed by atoms with Crippen LogP contribution in [-0.2, 0) is 9.59 Å². The second-order valence-electron chi connectivity index (χ2n) is 7.85. The Morgan fingerprint density at radius 1 is 1.15 bits per heavy atom. The van der Waals surface area contributed by atoms with Crippen molar-refractivity contribution in [1.82, 2.24) is 15.2 Å². The average molecular weight is 475 g/mol. The Balaban J connectivity index is 1.30. The standard InChI is InChI=1S/C25H22N4O4S/c1-2-3-12-32-18-10-8-17(9-11-18)29-23(30)14-22(24(29)31)34-25-27-19(15-26-28-25)21-13-16-6-4-5-7-20(16)33-21/h4-11,13,15,22H,2-3,12,14H2,1H3. The number of anilines is 1. The summed E-state index contributed by atoms with van der Waals surface area (Å²) in [6.45, 7) is 2.74. The molecule has 0 N–H and O–H groups in total. The molecule has 2 amide bonds. The van der Waals surface area contributed by atoms with Crippen LogP contribution >= 0.6 is 11.8 Å². The Hall–Kier alpha value is -3.72. The van der Waals surface area contributed by atoms with Gasteiger partial charge in [0.1, 0.15) is 22.3 Å². The third-order valence-corrected chi connectivity index (χ3v) is 6.47. The molecular weight excluding hydrogens is 452 g/mol. The number of ether oxygens (including phenoxy) is 1. The number of thioether (sulfide) groups is 1. The summed E-state index contributed by atoms with van der Waals surface area (Å²) < 4.78 is 11.5. The lowest BCUT2D eigenvalue weighted by molar-refractivity contribution is -0.121. The van der Waals surface area contributed by atoms with Crippen molar-refractivity contribution in [3.63, 3.8) is 0 Å². The third kappa shape index (κ3) is 4.51. The van der Waals surface area contributed by atoms with E-state index in [4.69, 9.17) is 9.15 Å². The van der Waals surface area contributed by atoms with Crippen LogP contribution in [0.3, 0.4) is 0 Å². The van der Waals surface area contributed by atoms with Crippen LogP contribution in [0.4, 0.5) is 5.69 Å². The molecule has 4 aromatic rings. The molecule has 172 valence electrons. The molecule has 0 aliphatic carbocycles. The number of hydrogen-bond acceptors (Lipinski definition) is 8. The predicted octanol–water partition coefficient (Wildman–Crippen LogP) is 4.89. The van der Waals surface area contributed by atoms with E-state index in [1.54, 1.807) is 24.3 Å². The summed E-state index contributed by atoms with van der Waals surface area (Å²) >= 11 is 1.13. The minimum absolute atomic E-state index is 0.0659. The fourth-order valence-electron chi connectivity index (χ4n) is 3.68. The van der Waals surface area contributed by atoms with E-state index in [0.29, 0.717) is 34.7 Å². The maximum Gasteiger partial charge on any atom is 0.247 e. The first-order valence-corrected chi connectivity index (χ1v) is 12.0. The van der Waals surface area contributed by atoms with Gasteiger partial charge in [0.25, 0.3) is 0 Å². The van der Waals surface area contributed by atoms with Crippen molar-refractivity contribution in [3.05, 3.63) is 60.8 Å². The lowest BCUT2D eigenvalue weighted by Crippen LogP contribution is -2.31. The fraction of sp³-hybridized carbons (Fsp3) is 0.240. The lowest BCUT2D eigenvalue weighted by atomic mass is 10.2. The molecule has 0 bridgehead atoms. The second kappa shape index (κ2) is 9.64. The largest absolute Gasteiger partial charge is 0.494 e. The molecule has 1 aliphatic rings. The number of para-hydroxylation sites is 1. The maximum absolute atomic E-state index is 13.0. The summed E-state index contributed by atoms with van der Waals surface area (Å²) in [6, 6.07) is 16.5. The molecule has 3 heterocycles. The van der Waals surface area contributed by atoms with Gasteiger partial charge in [0.05, 0.1) is 18.5 Å². The number of fused-ring (bicyclic) bond motifs is 1. The Morgan fingerprint density at radius 3 is 2.76 bits per heavy atom. The third-order valence-electron chi connectivity index (χ3n) is 5.43. The van der Waals surface area contributed by atoms with Crippen LogP contribution in [0.25, 0.3) is 22.4 Å². The SMILES string of the molecule is CCCCOc1ccc(N2C(=O)CC(Sc3nncc(-c4cc5ccccc5o4)n3)C2=O)cc1. The first-order chi connectivity index (χ1) is 16.6. The highest BCUT2D eigenvalue weighted by atomic mass is 32.2. The van der Waals surface area contributed by atoms with Gasteiger partial charge in [0.2, 0.25) is 17.0 Å². The van der Waals surface area contributed by atoms with Crippen LogP contribution < -0.4 is 9.64 Å². The molecule has 2 aromatic carbocycles. The number of benzene rings is 2. The first kappa shape index (κ1) is 22.1. The van der Waals surface area contributed by atoms with E-state index in [-0.39, 0.29) is 18.2 Å². The summed E-state index contributed by atoms with van der Waals surface area (Å²) in [4.78, 5) is 31.4. The van der Waals surface area contributed by atoms with Crippen LogP contribution in [0.15, 0.2) is 70.4 Å². The number of rotatable bonds is 8. The number of carbonyl (C=O) groups is 2. The molecule has 0 saturated carbocycles. The molecule has 1 fully saturated rings. The molecule has 1 saturated heterocycles. The zero-order valence-corrected chi connectivity index (χ0v) is 19.3. The number of carbonyl (C=O) groups excluding carboxylic acids is 2. The zero-order chi connectivity index (χ0) is 23.5. The number of aromatic nitrogens is 3. The van der Waals surface area contributed by atoms with Crippen LogP contribution in [0, 0.1) is 0 Å². The van der Waals surface area contributed by atoms with Crippen LogP contribution in [0.5, 0.6) is 5.75 Å². The van der Waals surface area contributed by atoms with Gasteiger partial charge >= 0.3 is 0 Å². The highest BCUT2D eigenvalue weighted by Gasteiger charge is 2.40. The van der Waals surface area contributed by atoms with Crippen LogP contribution in [-0.4, -0.2) is 38.9 Å². The van der Waals surface area contributed by atoms with Gasteiger partial charge in [-0.3, -0.25) is 9.59 Å². The normalized spacial score (nSPS) is 15.9. The number of unbranched alkanes of at least 4 members (excludes halogenated alkanes) is 1. The van der Waals surface area contributed by atoms with Gasteiger partial charge in [-0.2, -0.15) is 5.10 Å². The highest BCUT2D eigenvalue weighted by Crippen LogP contribution is 2.34. The Kier molecular flexibility index (Phi) is 6.27. The fourth-order valence-corrected chi connectivity index (χ4v) is 4.62. The van der Waals surface area contributed by atoms with E-state index in [1.165, 1.54) is 11.1 Å². The minimum atomic E-state index is -0.624. The minimum Gasteiger partial charge on any atom is -0.494 e. The molecule has 0 spiro atoms. The smallest absolute Gasteiger partial charge is 0.247 e. The monoisotopic (exact) mass is 474 g/mol. The zero-order valence-electron chi connectivity index (χ0n) is 18.5. The molecule has 1 atom stereocenters. The van der Waals surface area contributed by atoms with E-state index in [0.717, 1.165) is 35.6 Å². The topological polar surface area (TPSA) is 98.4 Å². The van der Waals surface area contributed by atoms with Gasteiger partial charge in [-0.05, 0) is 42.8 Å². The molecule has 34 heavy (non-hydrogen) atoms. The second-order valence-corrected chi connectivity index (χ2v) is 9.02. The van der Waals surface area contributed by atoms with Gasteiger partial charge < -0.3 is 9.15 Å². The van der Waals surface area contributed by atoms with E-state index < -0.39 is 5.25 Å². The van der Waals surface area contributed by atoms with Gasteiger partial charge in [0.15, 0.2) is 5.76 Å². The lowest BCUT2D eigenvalue weighted by Gasteiger charge is -2.15. The van der Waals surface area contributed by atoms with Crippen molar-refractivity contribution in [1.29, 1.82) is 0 Å². The molecule has 1 aliphatic heterocycles. The summed E-state index contributed by atoms with van der Waals surface area (Å²) in [7, 11) is 0. The van der Waals surface area contributed by atoms with Crippen LogP contribution in [0.1, 0.15) is 26.2 Å². The predicted molar refractivity (Wildman–Crippen MR) is 129 cm³/mol. The van der Waals surface area contributed by atoms with Gasteiger partial charge in [-0.1, -0.05) is 43.3 Å². The number of imide groups is 1. The van der Waals surface area contributed by atoms with Crippen molar-refractivity contribution in [2.45, 2.75) is 36.6 Å². The van der Waals surface area contributed by atoms with Crippen molar-refractivity contribution in [3.8, 4) is 17.2 Å². The van der Waals surface area contributed by atoms with E-state index >= 15 is 0 Å². The molecule has 0 radical (unpaired) electrons. The summed E-state index contributed by atoms with van der Waals surface area (Å²) in [5.41, 5.74) is 1.79. The molecule has 5 rings (SSSR count). The quantitative estimate of drug-likeness (QED) is 0.263. The Morgan fingerprint density at radius 2 is 1.97 bits per heavy atom. The summed E-state index contributed by atoms with van der Waals surface area (Å²) in [5, 5.41) is 8.71. The number of nitrogens with zero attached hydrogens (tertiary/aromatic N) is 4. The molecule has 1 unspecified atom stereocenters. The summed E-state index contributed by atoms with van der Waals surface area (Å²) in [5.74, 6) is 0.717. The van der Waals surface area contributed by atoms with E-state index in [1.807, 2.05) is 30.3 Å². The van der Waals surface area contributed by atoms with Gasteiger partial charge in [-0.15, -0.1) is 5.10 Å². The van der Waals surface area contributed by atoms with Crippen molar-refractivity contribution in [2.75, 3.05) is 11.5 Å². The molecule has 8 nitrogen and oxygen atoms in total. The molecule has 2 aromatic heterocycles. The molecule has 9 heteroatoms. The van der Waals surface area contributed by atoms with Crippen molar-refractivity contribution < 1.29 is 18.7 Å². The van der Waals surface area contributed by atoms with Crippen molar-refractivity contribution >= 4 is 40.2 Å². The number of hydrogen-bond donors (Lipinski definition) is 0. The number of furan rings is 1. The van der Waals surface area contributed by atoms with Gasteiger partial charge in [0, 0.05) is 11.8 Å². The highest BCUT2D eigenvalue weighted by molar-refractivity contribution is 8.00. The molecular formula is C25H22N4O4S. The summed E-state index contributed by atoms with van der Waals surface area (Å²) in [6.07, 6.45) is 3.60. The van der Waals surface area contributed by atoms with Crippen LogP contribution in [0.2, 0.25) is 0 Å². The maximum atomic E-state index is 13.0. The Labute approximate surface area is 200 Å². The first-order valence-electron chi connectivity index (χ1n) is 11.1. The Bertz CT molecular complexity index is 1310. The van der Waals surface area contributed by atoms with E-state index in [2.05, 4.69) is 22.1 Å². The number of amides is 2.